The van der Waals surface area contributed by atoms with Gasteiger partial charge in [-0.05, 0) is 36.2 Å². The molecule has 0 aromatic heterocycles. The zero-order valence-electron chi connectivity index (χ0n) is 11.8. The maximum absolute atomic E-state index is 3.52. The minimum Gasteiger partial charge on any atom is -0.384 e. The van der Waals surface area contributed by atoms with Gasteiger partial charge in [0.05, 0.1) is 0 Å². The molecule has 1 aliphatic heterocycles. The van der Waals surface area contributed by atoms with Gasteiger partial charge in [-0.1, -0.05) is 30.3 Å². The van der Waals surface area contributed by atoms with E-state index in [0.717, 1.165) is 6.54 Å². The van der Waals surface area contributed by atoms with Crippen LogP contribution < -0.4 is 10.2 Å². The van der Waals surface area contributed by atoms with Crippen molar-refractivity contribution in [2.75, 3.05) is 30.9 Å². The first-order chi connectivity index (χ1) is 9.11. The lowest BCUT2D eigenvalue weighted by Gasteiger charge is -2.25. The lowest BCUT2D eigenvalue weighted by molar-refractivity contribution is 0.636. The monoisotopic (exact) mass is 252 g/mol. The molecule has 0 bridgehead atoms. The van der Waals surface area contributed by atoms with Gasteiger partial charge in [0.25, 0.3) is 0 Å². The fraction of sp³-hybridized carbons (Fsp3) is 0.294. The van der Waals surface area contributed by atoms with E-state index in [9.17, 15) is 0 Å². The first-order valence-electron chi connectivity index (χ1n) is 6.72. The highest BCUT2D eigenvalue weighted by Crippen LogP contribution is 2.41. The number of hydrogen-bond donors (Lipinski definition) is 1. The summed E-state index contributed by atoms with van der Waals surface area (Å²) in [4.78, 5) is 2.13. The molecule has 1 atom stereocenters. The third-order valence-electron chi connectivity index (χ3n) is 4.17. The smallest absolute Gasteiger partial charge is 0.0382 e. The average Bonchev–Trinajstić information content (AvgIpc) is 2.78. The van der Waals surface area contributed by atoms with Crippen molar-refractivity contribution in [1.82, 2.24) is 0 Å². The molecule has 19 heavy (non-hydrogen) atoms. The van der Waals surface area contributed by atoms with Gasteiger partial charge in [-0.2, -0.15) is 0 Å². The molecule has 0 radical (unpaired) electrons. The first-order valence-corrected chi connectivity index (χ1v) is 6.72. The lowest BCUT2D eigenvalue weighted by Crippen LogP contribution is -2.25. The summed E-state index contributed by atoms with van der Waals surface area (Å²) in [5.41, 5.74) is 5.35. The van der Waals surface area contributed by atoms with E-state index in [1.54, 1.807) is 0 Å². The van der Waals surface area contributed by atoms with Crippen molar-refractivity contribution in [3.05, 3.63) is 59.7 Å². The van der Waals surface area contributed by atoms with Crippen molar-refractivity contribution in [3.8, 4) is 0 Å². The second kappa shape index (κ2) is 4.30. The highest BCUT2D eigenvalue weighted by atomic mass is 15.1. The molecule has 2 nitrogen and oxygen atoms in total. The van der Waals surface area contributed by atoms with Gasteiger partial charge in [-0.25, -0.2) is 0 Å². The molecule has 0 fully saturated rings. The van der Waals surface area contributed by atoms with Gasteiger partial charge in [0.15, 0.2) is 0 Å². The van der Waals surface area contributed by atoms with Gasteiger partial charge in [0.2, 0.25) is 0 Å². The standard InChI is InChI=1S/C17H20N2/c1-17(12-18-16-7-5-4-6-15(16)17)13-8-10-14(11-9-13)19(2)3/h4-11,18H,12H2,1-3H3. The second-order valence-electron chi connectivity index (χ2n) is 5.67. The summed E-state index contributed by atoms with van der Waals surface area (Å²) in [6.07, 6.45) is 0. The van der Waals surface area contributed by atoms with Crippen LogP contribution in [-0.4, -0.2) is 20.6 Å². The number of para-hydroxylation sites is 1. The molecule has 1 aliphatic rings. The van der Waals surface area contributed by atoms with Crippen LogP contribution in [0.1, 0.15) is 18.1 Å². The molecule has 1 unspecified atom stereocenters. The van der Waals surface area contributed by atoms with Crippen LogP contribution in [0.25, 0.3) is 0 Å². The Morgan fingerprint density at radius 3 is 2.37 bits per heavy atom. The molecular formula is C17H20N2. The fourth-order valence-corrected chi connectivity index (χ4v) is 2.87. The third kappa shape index (κ3) is 1.88. The third-order valence-corrected chi connectivity index (χ3v) is 4.17. The Hall–Kier alpha value is -1.96. The van der Waals surface area contributed by atoms with E-state index in [1.807, 2.05) is 0 Å². The SMILES string of the molecule is CN(C)c1ccc(C2(C)CNc3ccccc32)cc1. The number of benzene rings is 2. The summed E-state index contributed by atoms with van der Waals surface area (Å²) in [7, 11) is 4.15. The van der Waals surface area contributed by atoms with E-state index in [4.69, 9.17) is 0 Å². The zero-order valence-corrected chi connectivity index (χ0v) is 11.8. The number of nitrogens with zero attached hydrogens (tertiary/aromatic N) is 1. The van der Waals surface area contributed by atoms with Crippen LogP contribution in [0.5, 0.6) is 0 Å². The molecular weight excluding hydrogens is 232 g/mol. The zero-order chi connectivity index (χ0) is 13.5. The molecule has 2 aromatic rings. The molecule has 0 aliphatic carbocycles. The van der Waals surface area contributed by atoms with Crippen molar-refractivity contribution in [1.29, 1.82) is 0 Å². The van der Waals surface area contributed by atoms with Gasteiger partial charge >= 0.3 is 0 Å². The maximum atomic E-state index is 3.52. The van der Waals surface area contributed by atoms with Crippen LogP contribution in [0.4, 0.5) is 11.4 Å². The highest BCUT2D eigenvalue weighted by Gasteiger charge is 2.35. The molecule has 0 saturated heterocycles. The van der Waals surface area contributed by atoms with E-state index in [2.05, 4.69) is 79.8 Å². The molecule has 1 heterocycles. The Morgan fingerprint density at radius 1 is 1.00 bits per heavy atom. The highest BCUT2D eigenvalue weighted by molar-refractivity contribution is 5.64. The number of rotatable bonds is 2. The molecule has 0 saturated carbocycles. The van der Waals surface area contributed by atoms with Gasteiger partial charge in [-0.15, -0.1) is 0 Å². The summed E-state index contributed by atoms with van der Waals surface area (Å²) < 4.78 is 0. The number of anilines is 2. The number of fused-ring (bicyclic) bond motifs is 1. The Morgan fingerprint density at radius 2 is 1.68 bits per heavy atom. The predicted molar refractivity (Wildman–Crippen MR) is 82.2 cm³/mol. The van der Waals surface area contributed by atoms with Crippen molar-refractivity contribution < 1.29 is 0 Å². The van der Waals surface area contributed by atoms with Crippen LogP contribution in [0.2, 0.25) is 0 Å². The minimum atomic E-state index is 0.0709. The fourth-order valence-electron chi connectivity index (χ4n) is 2.87. The normalized spacial score (nSPS) is 20.8. The molecule has 2 heteroatoms. The Labute approximate surface area is 115 Å². The summed E-state index contributed by atoms with van der Waals surface area (Å²) >= 11 is 0. The van der Waals surface area contributed by atoms with Crippen LogP contribution >= 0.6 is 0 Å². The largest absolute Gasteiger partial charge is 0.384 e. The summed E-state index contributed by atoms with van der Waals surface area (Å²) in [5, 5.41) is 3.52. The van der Waals surface area contributed by atoms with Crippen molar-refractivity contribution in [3.63, 3.8) is 0 Å². The van der Waals surface area contributed by atoms with Gasteiger partial charge in [0.1, 0.15) is 0 Å². The summed E-state index contributed by atoms with van der Waals surface area (Å²) in [6.45, 7) is 3.28. The van der Waals surface area contributed by atoms with Crippen LogP contribution in [0, 0.1) is 0 Å². The van der Waals surface area contributed by atoms with Crippen molar-refractivity contribution in [2.24, 2.45) is 0 Å². The minimum absolute atomic E-state index is 0.0709. The molecule has 3 rings (SSSR count). The Balaban J connectivity index is 2.02. The number of hydrogen-bond acceptors (Lipinski definition) is 2. The van der Waals surface area contributed by atoms with E-state index < -0.39 is 0 Å². The van der Waals surface area contributed by atoms with Crippen LogP contribution in [0.15, 0.2) is 48.5 Å². The van der Waals surface area contributed by atoms with Gasteiger partial charge < -0.3 is 10.2 Å². The van der Waals surface area contributed by atoms with Gasteiger partial charge in [-0.3, -0.25) is 0 Å². The van der Waals surface area contributed by atoms with Crippen molar-refractivity contribution in [2.45, 2.75) is 12.3 Å². The molecule has 0 amide bonds. The van der Waals surface area contributed by atoms with E-state index in [1.165, 1.54) is 22.5 Å². The van der Waals surface area contributed by atoms with Crippen LogP contribution in [0.3, 0.4) is 0 Å². The van der Waals surface area contributed by atoms with E-state index in [0.29, 0.717) is 0 Å². The predicted octanol–water partition coefficient (Wildman–Crippen LogP) is 3.48. The Bertz CT molecular complexity index is 586. The Kier molecular flexibility index (Phi) is 2.74. The summed E-state index contributed by atoms with van der Waals surface area (Å²) in [5.74, 6) is 0. The average molecular weight is 252 g/mol. The molecule has 1 N–H and O–H groups in total. The van der Waals surface area contributed by atoms with E-state index in [-0.39, 0.29) is 5.41 Å². The van der Waals surface area contributed by atoms with Crippen LogP contribution in [-0.2, 0) is 5.41 Å². The molecule has 98 valence electrons. The van der Waals surface area contributed by atoms with Crippen molar-refractivity contribution >= 4 is 11.4 Å². The lowest BCUT2D eigenvalue weighted by atomic mass is 9.78. The quantitative estimate of drug-likeness (QED) is 0.880. The van der Waals surface area contributed by atoms with Gasteiger partial charge in [0, 0.05) is 37.4 Å². The molecule has 0 spiro atoms. The number of nitrogens with one attached hydrogen (secondary N) is 1. The second-order valence-corrected chi connectivity index (χ2v) is 5.67. The van der Waals surface area contributed by atoms with E-state index >= 15 is 0 Å². The topological polar surface area (TPSA) is 15.3 Å². The first kappa shape index (κ1) is 12.1. The summed E-state index contributed by atoms with van der Waals surface area (Å²) in [6, 6.07) is 17.5. The maximum Gasteiger partial charge on any atom is 0.0382 e. The molecule has 2 aromatic carbocycles.